The summed E-state index contributed by atoms with van der Waals surface area (Å²) in [6, 6.07) is 6.94. The maximum Gasteiger partial charge on any atom is 0.376 e. The van der Waals surface area contributed by atoms with Crippen LogP contribution in [0.3, 0.4) is 0 Å². The van der Waals surface area contributed by atoms with Gasteiger partial charge in [0.05, 0.1) is 7.11 Å². The van der Waals surface area contributed by atoms with E-state index < -0.39 is 5.97 Å². The summed E-state index contributed by atoms with van der Waals surface area (Å²) in [5.41, 5.74) is 0.373. The molecule has 0 aromatic heterocycles. The van der Waals surface area contributed by atoms with E-state index in [1.54, 1.807) is 24.3 Å². The summed E-state index contributed by atoms with van der Waals surface area (Å²) in [5, 5.41) is 0. The third-order valence-corrected chi connectivity index (χ3v) is 3.80. The van der Waals surface area contributed by atoms with Crippen LogP contribution in [0.5, 0.6) is 5.75 Å². The molecule has 1 fully saturated rings. The summed E-state index contributed by atoms with van der Waals surface area (Å²) in [6.45, 7) is 2.21. The second kappa shape index (κ2) is 7.29. The van der Waals surface area contributed by atoms with Gasteiger partial charge in [-0.3, -0.25) is 4.89 Å². The minimum absolute atomic E-state index is 0.373. The van der Waals surface area contributed by atoms with Gasteiger partial charge in [0.25, 0.3) is 0 Å². The number of carbonyl (C=O) groups excluding carboxylic acids is 1. The van der Waals surface area contributed by atoms with Gasteiger partial charge in [0.15, 0.2) is 0 Å². The Morgan fingerprint density at radius 2 is 1.95 bits per heavy atom. The van der Waals surface area contributed by atoms with Gasteiger partial charge < -0.3 is 4.74 Å². The first-order chi connectivity index (χ1) is 9.74. The summed E-state index contributed by atoms with van der Waals surface area (Å²) in [6.07, 6.45) is 6.03. The molecule has 1 aliphatic carbocycles. The molecule has 0 spiro atoms. The molecule has 0 heterocycles. The zero-order chi connectivity index (χ0) is 14.4. The molecule has 1 aliphatic rings. The molecule has 0 unspecified atom stereocenters. The lowest BCUT2D eigenvalue weighted by atomic mass is 9.86. The average molecular weight is 277 g/mol. The Morgan fingerprint density at radius 1 is 1.25 bits per heavy atom. The van der Waals surface area contributed by atoms with Crippen molar-refractivity contribution in [3.8, 4) is 5.75 Å². The topological polar surface area (TPSA) is 44.8 Å². The smallest absolute Gasteiger partial charge is 0.376 e. The van der Waals surface area contributed by atoms with Crippen LogP contribution in [0.4, 0.5) is 0 Å². The van der Waals surface area contributed by atoms with Gasteiger partial charge in [-0.25, -0.2) is 4.79 Å². The summed E-state index contributed by atoms with van der Waals surface area (Å²) in [4.78, 5) is 22.1. The minimum Gasteiger partial charge on any atom is -0.496 e. The van der Waals surface area contributed by atoms with Crippen molar-refractivity contribution in [2.75, 3.05) is 7.11 Å². The Morgan fingerprint density at radius 3 is 2.60 bits per heavy atom. The first-order valence-electron chi connectivity index (χ1n) is 7.11. The molecular weight excluding hydrogens is 256 g/mol. The zero-order valence-corrected chi connectivity index (χ0v) is 12.1. The van der Waals surface area contributed by atoms with Crippen LogP contribution in [0.15, 0.2) is 24.3 Å². The third kappa shape index (κ3) is 3.73. The van der Waals surface area contributed by atoms with E-state index in [1.165, 1.54) is 13.5 Å². The van der Waals surface area contributed by atoms with E-state index in [-0.39, 0.29) is 0 Å². The van der Waals surface area contributed by atoms with E-state index in [9.17, 15) is 4.79 Å². The monoisotopic (exact) mass is 277 g/mol. The van der Waals surface area contributed by atoms with Crippen molar-refractivity contribution < 1.29 is 19.3 Å². The molecule has 1 saturated carbocycles. The Labute approximate surface area is 120 Å². The fourth-order valence-electron chi connectivity index (χ4n) is 2.45. The number of ether oxygens (including phenoxy) is 1. The largest absolute Gasteiger partial charge is 0.496 e. The highest BCUT2D eigenvalue weighted by Crippen LogP contribution is 2.33. The van der Waals surface area contributed by atoms with E-state index in [0.717, 1.165) is 37.7 Å². The van der Waals surface area contributed by atoms with Crippen molar-refractivity contribution in [1.82, 2.24) is 0 Å². The summed E-state index contributed by atoms with van der Waals surface area (Å²) in [5.74, 6) is 0.737. The molecular formula is C16H21O4. The van der Waals surface area contributed by atoms with Crippen molar-refractivity contribution >= 4 is 5.97 Å². The average Bonchev–Trinajstić information content (AvgIpc) is 2.53. The lowest BCUT2D eigenvalue weighted by Gasteiger charge is -2.25. The first kappa shape index (κ1) is 14.9. The van der Waals surface area contributed by atoms with Gasteiger partial charge >= 0.3 is 5.97 Å². The lowest BCUT2D eigenvalue weighted by Crippen LogP contribution is -2.17. The van der Waals surface area contributed by atoms with Crippen molar-refractivity contribution in [3.63, 3.8) is 0 Å². The molecule has 109 valence electrons. The highest BCUT2D eigenvalue weighted by Gasteiger charge is 2.24. The number of hydrogen-bond acceptors (Lipinski definition) is 4. The Bertz CT molecular complexity index is 436. The number of carbonyl (C=O) groups is 1. The fraction of sp³-hybridized carbons (Fsp3) is 0.500. The Kier molecular flexibility index (Phi) is 5.41. The lowest BCUT2D eigenvalue weighted by molar-refractivity contribution is -0.240. The van der Waals surface area contributed by atoms with Gasteiger partial charge in [-0.1, -0.05) is 25.5 Å². The van der Waals surface area contributed by atoms with Crippen molar-refractivity contribution in [1.29, 1.82) is 0 Å². The van der Waals surface area contributed by atoms with Crippen LogP contribution in [0, 0.1) is 12.0 Å². The molecule has 1 aromatic carbocycles. The van der Waals surface area contributed by atoms with Crippen LogP contribution < -0.4 is 4.74 Å². The van der Waals surface area contributed by atoms with Crippen molar-refractivity contribution in [2.45, 2.75) is 39.0 Å². The van der Waals surface area contributed by atoms with Crippen molar-refractivity contribution in [3.05, 3.63) is 35.9 Å². The van der Waals surface area contributed by atoms with Crippen LogP contribution in [0.1, 0.15) is 49.4 Å². The highest BCUT2D eigenvalue weighted by atomic mass is 17.2. The predicted octanol–water partition coefficient (Wildman–Crippen LogP) is 3.92. The van der Waals surface area contributed by atoms with Gasteiger partial charge in [0.1, 0.15) is 17.4 Å². The number of rotatable bonds is 5. The SMILES string of the molecule is CCC1CC[C](OOC(=O)c2ccccc2OC)CC1. The second-order valence-electron chi connectivity index (χ2n) is 5.04. The minimum atomic E-state index is -0.521. The van der Waals surface area contributed by atoms with Crippen LogP contribution in [0.2, 0.25) is 0 Å². The number of hydrogen-bond donors (Lipinski definition) is 0. The van der Waals surface area contributed by atoms with Crippen LogP contribution >= 0.6 is 0 Å². The van der Waals surface area contributed by atoms with Gasteiger partial charge in [-0.2, -0.15) is 4.89 Å². The predicted molar refractivity (Wildman–Crippen MR) is 75.0 cm³/mol. The van der Waals surface area contributed by atoms with Crippen LogP contribution in [-0.2, 0) is 9.78 Å². The maximum absolute atomic E-state index is 11.9. The molecule has 0 saturated heterocycles. The van der Waals surface area contributed by atoms with E-state index in [4.69, 9.17) is 14.5 Å². The van der Waals surface area contributed by atoms with Crippen LogP contribution in [-0.4, -0.2) is 13.1 Å². The molecule has 4 nitrogen and oxygen atoms in total. The van der Waals surface area contributed by atoms with E-state index in [2.05, 4.69) is 6.92 Å². The number of benzene rings is 1. The third-order valence-electron chi connectivity index (χ3n) is 3.80. The van der Waals surface area contributed by atoms with Gasteiger partial charge in [0.2, 0.25) is 0 Å². The first-order valence-corrected chi connectivity index (χ1v) is 7.11. The quantitative estimate of drug-likeness (QED) is 0.604. The normalized spacial score (nSPS) is 16.9. The number of para-hydroxylation sites is 1. The molecule has 2 rings (SSSR count). The fourth-order valence-corrected chi connectivity index (χ4v) is 2.45. The standard InChI is InChI=1S/C16H21O4/c1-3-12-8-10-13(11-9-12)19-20-16(17)14-6-4-5-7-15(14)18-2/h4-7,12H,3,8-11H2,1-2H3. The summed E-state index contributed by atoms with van der Waals surface area (Å²) in [7, 11) is 1.52. The number of methoxy groups -OCH3 is 1. The molecule has 4 heteroatoms. The van der Waals surface area contributed by atoms with Gasteiger partial charge in [0, 0.05) is 0 Å². The molecule has 0 aliphatic heterocycles. The highest BCUT2D eigenvalue weighted by molar-refractivity contribution is 5.92. The van der Waals surface area contributed by atoms with Gasteiger partial charge in [-0.05, 0) is 43.7 Å². The zero-order valence-electron chi connectivity index (χ0n) is 12.1. The second-order valence-corrected chi connectivity index (χ2v) is 5.04. The molecule has 0 bridgehead atoms. The maximum atomic E-state index is 11.9. The Hall–Kier alpha value is -1.55. The Balaban J connectivity index is 1.83. The summed E-state index contributed by atoms with van der Waals surface area (Å²) >= 11 is 0. The van der Waals surface area contributed by atoms with E-state index in [1.807, 2.05) is 0 Å². The molecule has 0 N–H and O–H groups in total. The van der Waals surface area contributed by atoms with Crippen molar-refractivity contribution in [2.24, 2.45) is 5.92 Å². The molecule has 0 amide bonds. The summed E-state index contributed by atoms with van der Waals surface area (Å²) < 4.78 is 5.12. The molecule has 20 heavy (non-hydrogen) atoms. The molecule has 1 radical (unpaired) electrons. The molecule has 0 atom stereocenters. The van der Waals surface area contributed by atoms with E-state index in [0.29, 0.717) is 11.3 Å². The van der Waals surface area contributed by atoms with Crippen LogP contribution in [0.25, 0.3) is 0 Å². The van der Waals surface area contributed by atoms with Gasteiger partial charge in [-0.15, -0.1) is 0 Å². The molecule has 1 aromatic rings. The van der Waals surface area contributed by atoms with E-state index >= 15 is 0 Å².